The Kier molecular flexibility index (Phi) is 5.84. The number of rotatable bonds is 3. The lowest BCUT2D eigenvalue weighted by molar-refractivity contribution is -0.139. The molecular weight excluding hydrogens is 435 g/mol. The Morgan fingerprint density at radius 1 is 1.23 bits per heavy atom. The van der Waals surface area contributed by atoms with Gasteiger partial charge in [0.25, 0.3) is 0 Å². The van der Waals surface area contributed by atoms with E-state index in [0.29, 0.717) is 6.20 Å². The number of nitrogens with zero attached hydrogens (tertiary/aromatic N) is 1. The van der Waals surface area contributed by atoms with E-state index >= 15 is 0 Å². The van der Waals surface area contributed by atoms with Crippen LogP contribution in [0.4, 0.5) is 27.8 Å². The van der Waals surface area contributed by atoms with Crippen LogP contribution in [0.2, 0.25) is 5.02 Å². The maximum Gasteiger partial charge on any atom is 0.417 e. The molecule has 1 aliphatic heterocycles. The summed E-state index contributed by atoms with van der Waals surface area (Å²) >= 11 is 5.61. The van der Waals surface area contributed by atoms with Gasteiger partial charge in [-0.1, -0.05) is 17.7 Å². The topological polar surface area (TPSA) is 83.1 Å². The molecule has 3 rings (SSSR count). The first kappa shape index (κ1) is 21.8. The minimum atomic E-state index is -4.62. The molecule has 2 heterocycles. The van der Waals surface area contributed by atoms with E-state index in [1.165, 1.54) is 0 Å². The monoisotopic (exact) mass is 448 g/mol. The normalized spacial score (nSPS) is 17.8. The number of carbonyl (C=O) groups is 2. The first-order valence-corrected chi connectivity index (χ1v) is 8.91. The molecule has 1 aromatic heterocycles. The third-order valence-corrected chi connectivity index (χ3v) is 4.78. The number of halogens is 6. The highest BCUT2D eigenvalue weighted by Gasteiger charge is 2.36. The van der Waals surface area contributed by atoms with Crippen molar-refractivity contribution in [3.63, 3.8) is 0 Å². The van der Waals surface area contributed by atoms with E-state index in [1.807, 2.05) is 0 Å². The number of pyridine rings is 1. The van der Waals surface area contributed by atoms with Crippen LogP contribution < -0.4 is 16.0 Å². The van der Waals surface area contributed by atoms with E-state index in [2.05, 4.69) is 20.9 Å². The SMILES string of the molecule is CC1Nc2ncc(F)c(F)c2C1NC(=O)C(=O)NCc1ccc(C(F)(F)F)c(Cl)c1. The standard InChI is InChI=1S/C18H14ClF5N4O2/c1-7-14(12-13(21)11(20)6-25-15(12)27-7)28-17(30)16(29)26-5-8-2-3-9(10(19)4-8)18(22,23)24/h2-4,6-7,14H,5H2,1H3,(H,25,27)(H,26,29)(H,28,30). The fraction of sp³-hybridized carbons (Fsp3) is 0.278. The summed E-state index contributed by atoms with van der Waals surface area (Å²) in [4.78, 5) is 27.9. The van der Waals surface area contributed by atoms with Crippen LogP contribution in [0.3, 0.4) is 0 Å². The van der Waals surface area contributed by atoms with Gasteiger partial charge >= 0.3 is 18.0 Å². The van der Waals surface area contributed by atoms with Gasteiger partial charge in [0.1, 0.15) is 5.82 Å². The second kappa shape index (κ2) is 8.05. The Morgan fingerprint density at radius 3 is 2.57 bits per heavy atom. The van der Waals surface area contributed by atoms with Crippen molar-refractivity contribution in [1.29, 1.82) is 0 Å². The van der Waals surface area contributed by atoms with Gasteiger partial charge in [0.05, 0.1) is 28.4 Å². The summed E-state index contributed by atoms with van der Waals surface area (Å²) < 4.78 is 65.7. The lowest BCUT2D eigenvalue weighted by atomic mass is 10.1. The molecule has 0 spiro atoms. The van der Waals surface area contributed by atoms with Crippen molar-refractivity contribution in [2.45, 2.75) is 31.7 Å². The Hall–Kier alpha value is -2.95. The Morgan fingerprint density at radius 2 is 1.93 bits per heavy atom. The van der Waals surface area contributed by atoms with E-state index < -0.39 is 52.3 Å². The van der Waals surface area contributed by atoms with Crippen molar-refractivity contribution in [1.82, 2.24) is 15.6 Å². The van der Waals surface area contributed by atoms with Crippen molar-refractivity contribution in [3.05, 3.63) is 57.7 Å². The molecule has 2 aromatic rings. The number of fused-ring (bicyclic) bond motifs is 1. The van der Waals surface area contributed by atoms with Crippen LogP contribution >= 0.6 is 11.6 Å². The quantitative estimate of drug-likeness (QED) is 0.497. The van der Waals surface area contributed by atoms with Crippen molar-refractivity contribution >= 4 is 29.2 Å². The molecule has 2 unspecified atom stereocenters. The Labute approximate surface area is 171 Å². The second-order valence-electron chi connectivity index (χ2n) is 6.56. The van der Waals surface area contributed by atoms with Crippen LogP contribution in [0.1, 0.15) is 29.7 Å². The van der Waals surface area contributed by atoms with Gasteiger partial charge < -0.3 is 16.0 Å². The van der Waals surface area contributed by atoms with Crippen molar-refractivity contribution in [3.8, 4) is 0 Å². The zero-order valence-corrected chi connectivity index (χ0v) is 16.0. The number of nitrogens with one attached hydrogen (secondary N) is 3. The van der Waals surface area contributed by atoms with E-state index in [4.69, 9.17) is 11.6 Å². The van der Waals surface area contributed by atoms with E-state index in [9.17, 15) is 31.5 Å². The van der Waals surface area contributed by atoms with Crippen LogP contribution in [-0.4, -0.2) is 22.8 Å². The molecule has 6 nitrogen and oxygen atoms in total. The number of hydrogen-bond donors (Lipinski definition) is 3. The van der Waals surface area contributed by atoms with Gasteiger partial charge in [0.2, 0.25) is 0 Å². The van der Waals surface area contributed by atoms with E-state index in [1.54, 1.807) is 6.92 Å². The highest BCUT2D eigenvalue weighted by Crippen LogP contribution is 2.36. The highest BCUT2D eigenvalue weighted by molar-refractivity contribution is 6.35. The third kappa shape index (κ3) is 4.30. The zero-order chi connectivity index (χ0) is 22.2. The molecule has 0 radical (unpaired) electrons. The molecule has 0 fully saturated rings. The smallest absolute Gasteiger partial charge is 0.365 e. The number of amides is 2. The minimum absolute atomic E-state index is 0.0477. The van der Waals surface area contributed by atoms with Crippen molar-refractivity contribution < 1.29 is 31.5 Å². The fourth-order valence-corrected chi connectivity index (χ4v) is 3.30. The van der Waals surface area contributed by atoms with Gasteiger partial charge in [-0.25, -0.2) is 13.8 Å². The van der Waals surface area contributed by atoms with Crippen LogP contribution in [0, 0.1) is 11.6 Å². The fourth-order valence-electron chi connectivity index (χ4n) is 2.99. The van der Waals surface area contributed by atoms with E-state index in [-0.39, 0.29) is 23.5 Å². The van der Waals surface area contributed by atoms with Gasteiger partial charge in [0.15, 0.2) is 11.6 Å². The summed E-state index contributed by atoms with van der Waals surface area (Å²) in [7, 11) is 0. The number of carbonyl (C=O) groups excluding carboxylic acids is 2. The van der Waals surface area contributed by atoms with Crippen LogP contribution in [0.15, 0.2) is 24.4 Å². The van der Waals surface area contributed by atoms with Gasteiger partial charge in [-0.3, -0.25) is 9.59 Å². The van der Waals surface area contributed by atoms with Gasteiger partial charge in [-0.05, 0) is 24.6 Å². The molecule has 0 saturated carbocycles. The van der Waals surface area contributed by atoms with Crippen molar-refractivity contribution in [2.75, 3.05) is 5.32 Å². The largest absolute Gasteiger partial charge is 0.417 e. The maximum atomic E-state index is 14.1. The summed E-state index contributed by atoms with van der Waals surface area (Å²) in [5, 5.41) is 6.74. The first-order chi connectivity index (χ1) is 14.0. The number of alkyl halides is 3. The first-order valence-electron chi connectivity index (χ1n) is 8.53. The minimum Gasteiger partial charge on any atom is -0.365 e. The van der Waals surface area contributed by atoms with Crippen molar-refractivity contribution in [2.24, 2.45) is 0 Å². The maximum absolute atomic E-state index is 14.1. The van der Waals surface area contributed by atoms with E-state index in [0.717, 1.165) is 18.2 Å². The molecule has 160 valence electrons. The summed E-state index contributed by atoms with van der Waals surface area (Å²) in [6.45, 7) is 1.30. The number of hydrogen-bond acceptors (Lipinski definition) is 4. The number of anilines is 1. The van der Waals surface area contributed by atoms with Gasteiger partial charge in [-0.2, -0.15) is 13.2 Å². The highest BCUT2D eigenvalue weighted by atomic mass is 35.5. The molecule has 30 heavy (non-hydrogen) atoms. The molecular formula is C18H14ClF5N4O2. The average Bonchev–Trinajstić information content (AvgIpc) is 2.97. The molecule has 1 aliphatic rings. The molecule has 2 atom stereocenters. The second-order valence-corrected chi connectivity index (χ2v) is 6.97. The molecule has 12 heteroatoms. The number of benzene rings is 1. The summed E-state index contributed by atoms with van der Waals surface area (Å²) in [6, 6.07) is 1.26. The lowest BCUT2D eigenvalue weighted by Gasteiger charge is -2.18. The lowest BCUT2D eigenvalue weighted by Crippen LogP contribution is -2.43. The Bertz CT molecular complexity index is 1010. The predicted octanol–water partition coefficient (Wildman–Crippen LogP) is 3.32. The molecule has 0 bridgehead atoms. The van der Waals surface area contributed by atoms with Crippen LogP contribution in [0.25, 0.3) is 0 Å². The molecule has 1 aromatic carbocycles. The average molecular weight is 449 g/mol. The zero-order valence-electron chi connectivity index (χ0n) is 15.2. The molecule has 0 aliphatic carbocycles. The number of aromatic nitrogens is 1. The molecule has 0 saturated heterocycles. The molecule has 2 amide bonds. The summed E-state index contributed by atoms with van der Waals surface area (Å²) in [6.07, 6.45) is -3.93. The summed E-state index contributed by atoms with van der Waals surface area (Å²) in [5.41, 5.74) is -1.01. The third-order valence-electron chi connectivity index (χ3n) is 4.47. The van der Waals surface area contributed by atoms with Gasteiger partial charge in [-0.15, -0.1) is 0 Å². The van der Waals surface area contributed by atoms with Crippen LogP contribution in [0.5, 0.6) is 0 Å². The van der Waals surface area contributed by atoms with Crippen LogP contribution in [-0.2, 0) is 22.3 Å². The van der Waals surface area contributed by atoms with Gasteiger partial charge in [0, 0.05) is 12.6 Å². The summed E-state index contributed by atoms with van der Waals surface area (Å²) in [5.74, 6) is -4.60. The molecule has 3 N–H and O–H groups in total. The predicted molar refractivity (Wildman–Crippen MR) is 96.4 cm³/mol. The Balaban J connectivity index is 1.65.